The van der Waals surface area contributed by atoms with Crippen LogP contribution in [0.3, 0.4) is 0 Å². The Hall–Kier alpha value is -0.0800. The second kappa shape index (κ2) is 2.71. The van der Waals surface area contributed by atoms with Crippen molar-refractivity contribution in [3.63, 3.8) is 0 Å². The van der Waals surface area contributed by atoms with Crippen molar-refractivity contribution < 1.29 is 5.11 Å². The zero-order valence-electron chi connectivity index (χ0n) is 8.08. The molecule has 2 unspecified atom stereocenters. The third-order valence-corrected chi connectivity index (χ3v) is 3.43. The van der Waals surface area contributed by atoms with Crippen LogP contribution in [0, 0.1) is 0 Å². The summed E-state index contributed by atoms with van der Waals surface area (Å²) in [6.07, 6.45) is 4.51. The Morgan fingerprint density at radius 3 is 2.92 bits per heavy atom. The van der Waals surface area contributed by atoms with E-state index in [0.717, 1.165) is 12.8 Å². The molecule has 2 rings (SSSR count). The van der Waals surface area contributed by atoms with Gasteiger partial charge in [0.15, 0.2) is 0 Å². The van der Waals surface area contributed by atoms with Gasteiger partial charge in [-0.2, -0.15) is 0 Å². The number of nitrogens with zero attached hydrogens (tertiary/aromatic N) is 1. The number of aliphatic hydroxyl groups excluding tert-OH is 1. The molecule has 2 atom stereocenters. The monoisotopic (exact) mass is 169 g/mol. The molecule has 2 aliphatic rings. The van der Waals surface area contributed by atoms with E-state index in [-0.39, 0.29) is 11.6 Å². The predicted molar refractivity (Wildman–Crippen MR) is 49.0 cm³/mol. The van der Waals surface area contributed by atoms with Crippen LogP contribution in [0.25, 0.3) is 0 Å². The first-order chi connectivity index (χ1) is 5.59. The first-order valence-corrected chi connectivity index (χ1v) is 5.04. The van der Waals surface area contributed by atoms with Gasteiger partial charge < -0.3 is 5.11 Å². The molecule has 0 aliphatic carbocycles. The van der Waals surface area contributed by atoms with Crippen molar-refractivity contribution in [3.8, 4) is 0 Å². The van der Waals surface area contributed by atoms with Gasteiger partial charge >= 0.3 is 0 Å². The Bertz CT molecular complexity index is 179. The fourth-order valence-electron chi connectivity index (χ4n) is 2.97. The fraction of sp³-hybridized carbons (Fsp3) is 1.00. The number of hydrogen-bond acceptors (Lipinski definition) is 2. The summed E-state index contributed by atoms with van der Waals surface area (Å²) in [6.45, 7) is 5.76. The molecule has 2 aliphatic heterocycles. The number of rotatable bonds is 0. The highest BCUT2D eigenvalue weighted by atomic mass is 16.3. The Balaban J connectivity index is 2.15. The minimum Gasteiger partial charge on any atom is -0.393 e. The van der Waals surface area contributed by atoms with Crippen molar-refractivity contribution in [2.24, 2.45) is 0 Å². The van der Waals surface area contributed by atoms with Crippen LogP contribution in [-0.4, -0.2) is 34.2 Å². The fourth-order valence-corrected chi connectivity index (χ4v) is 2.97. The number of fused-ring (bicyclic) bond motifs is 1. The van der Waals surface area contributed by atoms with Gasteiger partial charge in [-0.05, 0) is 46.1 Å². The van der Waals surface area contributed by atoms with Gasteiger partial charge in [-0.25, -0.2) is 0 Å². The highest BCUT2D eigenvalue weighted by Crippen LogP contribution is 2.37. The molecule has 2 nitrogen and oxygen atoms in total. The highest BCUT2D eigenvalue weighted by Gasteiger charge is 2.42. The Kier molecular flexibility index (Phi) is 1.92. The van der Waals surface area contributed by atoms with Gasteiger partial charge in [0.05, 0.1) is 6.10 Å². The van der Waals surface area contributed by atoms with E-state index < -0.39 is 0 Å². The third kappa shape index (κ3) is 1.27. The van der Waals surface area contributed by atoms with Crippen molar-refractivity contribution in [1.29, 1.82) is 0 Å². The molecule has 0 aromatic rings. The van der Waals surface area contributed by atoms with Crippen LogP contribution < -0.4 is 0 Å². The van der Waals surface area contributed by atoms with E-state index in [1.807, 2.05) is 0 Å². The summed E-state index contributed by atoms with van der Waals surface area (Å²) in [5.74, 6) is 0. The SMILES string of the molecule is CC1(C)CC(O)CC2CCCN21. The topological polar surface area (TPSA) is 23.5 Å². The van der Waals surface area contributed by atoms with Crippen molar-refractivity contribution in [1.82, 2.24) is 4.90 Å². The lowest BCUT2D eigenvalue weighted by Gasteiger charge is -2.46. The number of hydrogen-bond donors (Lipinski definition) is 1. The lowest BCUT2D eigenvalue weighted by Crippen LogP contribution is -2.53. The van der Waals surface area contributed by atoms with Gasteiger partial charge in [-0.1, -0.05) is 0 Å². The van der Waals surface area contributed by atoms with E-state index in [4.69, 9.17) is 0 Å². The first kappa shape index (κ1) is 8.52. The van der Waals surface area contributed by atoms with Gasteiger partial charge in [-0.15, -0.1) is 0 Å². The van der Waals surface area contributed by atoms with Crippen LogP contribution in [0.5, 0.6) is 0 Å². The Morgan fingerprint density at radius 1 is 1.42 bits per heavy atom. The molecule has 70 valence electrons. The zero-order valence-corrected chi connectivity index (χ0v) is 8.08. The van der Waals surface area contributed by atoms with E-state index in [1.165, 1.54) is 19.4 Å². The van der Waals surface area contributed by atoms with Gasteiger partial charge in [0.25, 0.3) is 0 Å². The molecular weight excluding hydrogens is 150 g/mol. The van der Waals surface area contributed by atoms with E-state index in [0.29, 0.717) is 6.04 Å². The summed E-state index contributed by atoms with van der Waals surface area (Å²) in [5.41, 5.74) is 0.235. The predicted octanol–water partition coefficient (Wildman–Crippen LogP) is 1.38. The Labute approximate surface area is 74.6 Å². The smallest absolute Gasteiger partial charge is 0.0572 e. The molecule has 0 aromatic carbocycles. The van der Waals surface area contributed by atoms with Crippen LogP contribution >= 0.6 is 0 Å². The van der Waals surface area contributed by atoms with Gasteiger partial charge in [0.1, 0.15) is 0 Å². The van der Waals surface area contributed by atoms with E-state index in [1.54, 1.807) is 0 Å². The van der Waals surface area contributed by atoms with Crippen LogP contribution in [0.2, 0.25) is 0 Å². The normalized spacial score (nSPS) is 41.2. The van der Waals surface area contributed by atoms with Crippen molar-refractivity contribution in [3.05, 3.63) is 0 Å². The molecule has 1 N–H and O–H groups in total. The summed E-state index contributed by atoms with van der Waals surface area (Å²) in [6, 6.07) is 0.670. The average molecular weight is 169 g/mol. The molecule has 2 heteroatoms. The van der Waals surface area contributed by atoms with Crippen molar-refractivity contribution >= 4 is 0 Å². The van der Waals surface area contributed by atoms with E-state index >= 15 is 0 Å². The molecule has 0 aromatic heterocycles. The molecule has 2 heterocycles. The molecule has 2 saturated heterocycles. The molecule has 0 saturated carbocycles. The average Bonchev–Trinajstić information content (AvgIpc) is 2.32. The zero-order chi connectivity index (χ0) is 8.77. The Morgan fingerprint density at radius 2 is 2.17 bits per heavy atom. The highest BCUT2D eigenvalue weighted by molar-refractivity contribution is 4.97. The van der Waals surface area contributed by atoms with Crippen LogP contribution in [0.15, 0.2) is 0 Å². The maximum absolute atomic E-state index is 9.67. The summed E-state index contributed by atoms with van der Waals surface area (Å²) in [5, 5.41) is 9.67. The van der Waals surface area contributed by atoms with Crippen LogP contribution in [-0.2, 0) is 0 Å². The van der Waals surface area contributed by atoms with E-state index in [2.05, 4.69) is 18.7 Å². The maximum Gasteiger partial charge on any atom is 0.0572 e. The quantitative estimate of drug-likeness (QED) is 0.592. The van der Waals surface area contributed by atoms with Crippen LogP contribution in [0.1, 0.15) is 39.5 Å². The summed E-state index contributed by atoms with van der Waals surface area (Å²) in [4.78, 5) is 2.58. The summed E-state index contributed by atoms with van der Waals surface area (Å²) in [7, 11) is 0. The molecule has 0 spiro atoms. The molecule has 2 fully saturated rings. The molecule has 0 radical (unpaired) electrons. The largest absolute Gasteiger partial charge is 0.393 e. The second-order valence-corrected chi connectivity index (χ2v) is 4.90. The third-order valence-electron chi connectivity index (χ3n) is 3.43. The first-order valence-electron chi connectivity index (χ1n) is 5.04. The number of piperidine rings is 1. The summed E-state index contributed by atoms with van der Waals surface area (Å²) < 4.78 is 0. The van der Waals surface area contributed by atoms with Gasteiger partial charge in [0.2, 0.25) is 0 Å². The lowest BCUT2D eigenvalue weighted by molar-refractivity contribution is -0.0204. The molecule has 0 amide bonds. The standard InChI is InChI=1S/C10H19NO/c1-10(2)7-9(12)6-8-4-3-5-11(8)10/h8-9,12H,3-7H2,1-2H3. The number of aliphatic hydroxyl groups is 1. The lowest BCUT2D eigenvalue weighted by atomic mass is 9.85. The second-order valence-electron chi connectivity index (χ2n) is 4.90. The van der Waals surface area contributed by atoms with Crippen LogP contribution in [0.4, 0.5) is 0 Å². The summed E-state index contributed by atoms with van der Waals surface area (Å²) >= 11 is 0. The van der Waals surface area contributed by atoms with Gasteiger partial charge in [0, 0.05) is 11.6 Å². The van der Waals surface area contributed by atoms with Gasteiger partial charge in [-0.3, -0.25) is 4.90 Å². The molecule has 0 bridgehead atoms. The van der Waals surface area contributed by atoms with Crippen molar-refractivity contribution in [2.75, 3.05) is 6.54 Å². The minimum atomic E-state index is -0.0562. The minimum absolute atomic E-state index is 0.0562. The van der Waals surface area contributed by atoms with E-state index in [9.17, 15) is 5.11 Å². The maximum atomic E-state index is 9.67. The molecule has 12 heavy (non-hydrogen) atoms. The molecular formula is C10H19NO. The van der Waals surface area contributed by atoms with Crippen molar-refractivity contribution in [2.45, 2.75) is 57.2 Å².